The Hall–Kier alpha value is -1.84. The van der Waals surface area contributed by atoms with Gasteiger partial charge in [0.05, 0.1) is 5.69 Å². The first-order valence-corrected chi connectivity index (χ1v) is 7.46. The highest BCUT2D eigenvalue weighted by Gasteiger charge is 2.20. The number of hydrogen-bond acceptors (Lipinski definition) is 3. The molecule has 3 rings (SSSR count). The second-order valence-corrected chi connectivity index (χ2v) is 5.83. The van der Waals surface area contributed by atoms with Crippen molar-refractivity contribution in [1.29, 1.82) is 0 Å². The van der Waals surface area contributed by atoms with Crippen LogP contribution in [0.25, 0.3) is 5.82 Å². The Bertz CT molecular complexity index is 575. The third kappa shape index (κ3) is 2.69. The third-order valence-corrected chi connectivity index (χ3v) is 4.14. The van der Waals surface area contributed by atoms with Crippen LogP contribution in [0.2, 0.25) is 0 Å². The van der Waals surface area contributed by atoms with Gasteiger partial charge in [-0.15, -0.1) is 0 Å². The average Bonchev–Trinajstić information content (AvgIpc) is 2.86. The van der Waals surface area contributed by atoms with Crippen LogP contribution in [0, 0.1) is 12.8 Å². The van der Waals surface area contributed by atoms with Crippen LogP contribution in [0.4, 0.5) is 5.69 Å². The number of anilines is 1. The number of rotatable bonds is 3. The topological polar surface area (TPSA) is 42.7 Å². The molecule has 0 spiro atoms. The van der Waals surface area contributed by atoms with Crippen LogP contribution in [0.15, 0.2) is 30.7 Å². The Morgan fingerprint density at radius 1 is 1.25 bits per heavy atom. The molecule has 0 aliphatic heterocycles. The Morgan fingerprint density at radius 2 is 2.15 bits per heavy atom. The van der Waals surface area contributed by atoms with Crippen LogP contribution in [-0.2, 0) is 0 Å². The minimum Gasteiger partial charge on any atom is -0.379 e. The van der Waals surface area contributed by atoms with E-state index in [9.17, 15) is 0 Å². The first-order valence-electron chi connectivity index (χ1n) is 7.46. The monoisotopic (exact) mass is 270 g/mol. The predicted octanol–water partition coefficient (Wildman–Crippen LogP) is 3.57. The van der Waals surface area contributed by atoms with Crippen molar-refractivity contribution in [3.8, 4) is 5.82 Å². The number of pyridine rings is 1. The Kier molecular flexibility index (Phi) is 3.72. The normalized spacial score (nSPS) is 22.7. The van der Waals surface area contributed by atoms with Crippen LogP contribution < -0.4 is 5.32 Å². The summed E-state index contributed by atoms with van der Waals surface area (Å²) in [4.78, 5) is 8.82. The molecule has 106 valence electrons. The van der Waals surface area contributed by atoms with E-state index in [2.05, 4.69) is 28.3 Å². The van der Waals surface area contributed by atoms with E-state index in [-0.39, 0.29) is 0 Å². The average molecular weight is 270 g/mol. The molecule has 2 unspecified atom stereocenters. The maximum atomic E-state index is 4.53. The van der Waals surface area contributed by atoms with Crippen LogP contribution in [0.5, 0.6) is 0 Å². The summed E-state index contributed by atoms with van der Waals surface area (Å²) in [7, 11) is 0. The molecule has 1 saturated carbocycles. The molecule has 2 aromatic rings. The summed E-state index contributed by atoms with van der Waals surface area (Å²) in [5.41, 5.74) is 1.10. The molecule has 4 heteroatoms. The van der Waals surface area contributed by atoms with Gasteiger partial charge in [-0.1, -0.05) is 19.8 Å². The van der Waals surface area contributed by atoms with Crippen molar-refractivity contribution in [2.45, 2.75) is 45.6 Å². The molecule has 0 saturated heterocycles. The van der Waals surface area contributed by atoms with Gasteiger partial charge < -0.3 is 5.32 Å². The van der Waals surface area contributed by atoms with Crippen molar-refractivity contribution < 1.29 is 0 Å². The van der Waals surface area contributed by atoms with Gasteiger partial charge in [-0.2, -0.15) is 0 Å². The molecule has 1 aliphatic rings. The van der Waals surface area contributed by atoms with Gasteiger partial charge in [-0.05, 0) is 37.8 Å². The highest BCUT2D eigenvalue weighted by atomic mass is 15.1. The fraction of sp³-hybridized carbons (Fsp3) is 0.500. The van der Waals surface area contributed by atoms with Crippen molar-refractivity contribution in [3.05, 3.63) is 36.5 Å². The van der Waals surface area contributed by atoms with E-state index in [1.54, 1.807) is 0 Å². The lowest BCUT2D eigenvalue weighted by Gasteiger charge is -2.29. The SMILES string of the molecule is Cc1nccn1-c1ncccc1NC1CCCC(C)C1. The van der Waals surface area contributed by atoms with Gasteiger partial charge >= 0.3 is 0 Å². The summed E-state index contributed by atoms with van der Waals surface area (Å²) in [5.74, 6) is 2.72. The van der Waals surface area contributed by atoms with Crippen molar-refractivity contribution >= 4 is 5.69 Å². The summed E-state index contributed by atoms with van der Waals surface area (Å²) in [6.07, 6.45) is 10.8. The summed E-state index contributed by atoms with van der Waals surface area (Å²) in [5, 5.41) is 3.68. The summed E-state index contributed by atoms with van der Waals surface area (Å²) < 4.78 is 2.04. The van der Waals surface area contributed by atoms with E-state index in [1.807, 2.05) is 36.1 Å². The molecule has 0 aromatic carbocycles. The van der Waals surface area contributed by atoms with Crippen molar-refractivity contribution in [3.63, 3.8) is 0 Å². The molecular formula is C16H22N4. The molecule has 2 heterocycles. The number of aromatic nitrogens is 3. The number of hydrogen-bond donors (Lipinski definition) is 1. The Morgan fingerprint density at radius 3 is 2.90 bits per heavy atom. The lowest BCUT2D eigenvalue weighted by atomic mass is 9.87. The quantitative estimate of drug-likeness (QED) is 0.927. The van der Waals surface area contributed by atoms with Gasteiger partial charge in [0, 0.05) is 24.6 Å². The van der Waals surface area contributed by atoms with E-state index in [0.29, 0.717) is 6.04 Å². The van der Waals surface area contributed by atoms with Crippen molar-refractivity contribution in [1.82, 2.24) is 14.5 Å². The molecule has 1 fully saturated rings. The minimum atomic E-state index is 0.561. The summed E-state index contributed by atoms with van der Waals surface area (Å²) in [6, 6.07) is 4.66. The lowest BCUT2D eigenvalue weighted by Crippen LogP contribution is -2.26. The van der Waals surface area contributed by atoms with Gasteiger partial charge in [0.2, 0.25) is 0 Å². The number of imidazole rings is 1. The van der Waals surface area contributed by atoms with Crippen molar-refractivity contribution in [2.75, 3.05) is 5.32 Å². The van der Waals surface area contributed by atoms with Gasteiger partial charge in [-0.25, -0.2) is 9.97 Å². The van der Waals surface area contributed by atoms with Crippen LogP contribution in [0.1, 0.15) is 38.4 Å². The maximum absolute atomic E-state index is 4.53. The molecule has 2 atom stereocenters. The molecule has 1 N–H and O–H groups in total. The second kappa shape index (κ2) is 5.65. The zero-order valence-corrected chi connectivity index (χ0v) is 12.2. The fourth-order valence-electron chi connectivity index (χ4n) is 3.09. The first-order chi connectivity index (χ1) is 9.74. The predicted molar refractivity (Wildman–Crippen MR) is 81.1 cm³/mol. The van der Waals surface area contributed by atoms with Crippen LogP contribution >= 0.6 is 0 Å². The highest BCUT2D eigenvalue weighted by molar-refractivity contribution is 5.57. The zero-order chi connectivity index (χ0) is 13.9. The second-order valence-electron chi connectivity index (χ2n) is 5.83. The van der Waals surface area contributed by atoms with E-state index in [1.165, 1.54) is 25.7 Å². The van der Waals surface area contributed by atoms with Gasteiger partial charge in [0.25, 0.3) is 0 Å². The Balaban J connectivity index is 1.85. The lowest BCUT2D eigenvalue weighted by molar-refractivity contribution is 0.358. The van der Waals surface area contributed by atoms with E-state index < -0.39 is 0 Å². The fourth-order valence-corrected chi connectivity index (χ4v) is 3.09. The minimum absolute atomic E-state index is 0.561. The first kappa shape index (κ1) is 13.2. The molecule has 20 heavy (non-hydrogen) atoms. The van der Waals surface area contributed by atoms with Gasteiger partial charge in [0.15, 0.2) is 5.82 Å². The summed E-state index contributed by atoms with van der Waals surface area (Å²) in [6.45, 7) is 4.35. The molecule has 1 aliphatic carbocycles. The smallest absolute Gasteiger partial charge is 0.161 e. The molecule has 4 nitrogen and oxygen atoms in total. The Labute approximate surface area is 120 Å². The maximum Gasteiger partial charge on any atom is 0.161 e. The number of nitrogens with zero attached hydrogens (tertiary/aromatic N) is 3. The largest absolute Gasteiger partial charge is 0.379 e. The van der Waals surface area contributed by atoms with Gasteiger partial charge in [0.1, 0.15) is 5.82 Å². The van der Waals surface area contributed by atoms with Crippen molar-refractivity contribution in [2.24, 2.45) is 5.92 Å². The standard InChI is InChI=1S/C16H22N4/c1-12-5-3-6-14(11-12)19-15-7-4-8-18-16(15)20-10-9-17-13(20)2/h4,7-10,12,14,19H,3,5-6,11H2,1-2H3. The zero-order valence-electron chi connectivity index (χ0n) is 12.2. The molecule has 0 amide bonds. The summed E-state index contributed by atoms with van der Waals surface area (Å²) >= 11 is 0. The molecule has 2 aromatic heterocycles. The highest BCUT2D eigenvalue weighted by Crippen LogP contribution is 2.28. The van der Waals surface area contributed by atoms with E-state index >= 15 is 0 Å². The van der Waals surface area contributed by atoms with E-state index in [0.717, 1.165) is 23.2 Å². The van der Waals surface area contributed by atoms with E-state index in [4.69, 9.17) is 0 Å². The van der Waals surface area contributed by atoms with Gasteiger partial charge in [-0.3, -0.25) is 4.57 Å². The molecular weight excluding hydrogens is 248 g/mol. The molecule has 0 radical (unpaired) electrons. The molecule has 0 bridgehead atoms. The number of nitrogens with one attached hydrogen (secondary N) is 1. The van der Waals surface area contributed by atoms with Crippen LogP contribution in [0.3, 0.4) is 0 Å². The van der Waals surface area contributed by atoms with Crippen LogP contribution in [-0.4, -0.2) is 20.6 Å². The number of aryl methyl sites for hydroxylation is 1. The third-order valence-electron chi connectivity index (χ3n) is 4.14.